The van der Waals surface area contributed by atoms with Crippen molar-refractivity contribution in [2.75, 3.05) is 6.61 Å². The number of carbonyl (C=O) groups excluding carboxylic acids is 2. The molecule has 4 nitrogen and oxygen atoms in total. The molecule has 1 saturated heterocycles. The average molecular weight is 323 g/mol. The number of benzene rings is 2. The van der Waals surface area contributed by atoms with Gasteiger partial charge in [-0.3, -0.25) is 4.79 Å². The van der Waals surface area contributed by atoms with Gasteiger partial charge in [0.15, 0.2) is 0 Å². The Morgan fingerprint density at radius 2 is 1.79 bits per heavy atom. The van der Waals surface area contributed by atoms with Crippen LogP contribution in [0.5, 0.6) is 0 Å². The second-order valence-electron chi connectivity index (χ2n) is 6.18. The van der Waals surface area contributed by atoms with E-state index in [2.05, 4.69) is 12.1 Å². The molecule has 0 spiro atoms. The van der Waals surface area contributed by atoms with Crippen molar-refractivity contribution in [3.63, 3.8) is 0 Å². The van der Waals surface area contributed by atoms with Crippen LogP contribution in [0, 0.1) is 6.92 Å². The van der Waals surface area contributed by atoms with Crippen molar-refractivity contribution in [1.82, 2.24) is 4.90 Å². The molecule has 1 unspecified atom stereocenters. The van der Waals surface area contributed by atoms with E-state index >= 15 is 0 Å². The van der Waals surface area contributed by atoms with Crippen LogP contribution in [0.2, 0.25) is 0 Å². The standard InChI is InChI=1S/C20H21NO3/c1-15-7-9-17(10-8-15)13-19(22)21-18(14-24-20(21)23)12-11-16-5-3-2-4-6-16/h2-10,18H,11-14H2,1H3. The van der Waals surface area contributed by atoms with Gasteiger partial charge in [-0.1, -0.05) is 60.2 Å². The van der Waals surface area contributed by atoms with Crippen LogP contribution < -0.4 is 0 Å². The first-order chi connectivity index (χ1) is 11.6. The third kappa shape index (κ3) is 3.82. The Balaban J connectivity index is 1.64. The SMILES string of the molecule is Cc1ccc(CC(=O)N2C(=O)OCC2CCc2ccccc2)cc1. The zero-order valence-electron chi connectivity index (χ0n) is 13.8. The fourth-order valence-corrected chi connectivity index (χ4v) is 2.92. The van der Waals surface area contributed by atoms with Gasteiger partial charge in [0.05, 0.1) is 12.5 Å². The molecule has 2 aromatic carbocycles. The third-order valence-corrected chi connectivity index (χ3v) is 4.31. The molecule has 1 aliphatic rings. The van der Waals surface area contributed by atoms with Gasteiger partial charge >= 0.3 is 6.09 Å². The van der Waals surface area contributed by atoms with E-state index in [0.717, 1.165) is 24.0 Å². The number of amides is 2. The van der Waals surface area contributed by atoms with Crippen molar-refractivity contribution < 1.29 is 14.3 Å². The van der Waals surface area contributed by atoms with Crippen LogP contribution in [-0.4, -0.2) is 29.5 Å². The lowest BCUT2D eigenvalue weighted by Gasteiger charge is -2.19. The van der Waals surface area contributed by atoms with Gasteiger partial charge in [-0.05, 0) is 30.9 Å². The summed E-state index contributed by atoms with van der Waals surface area (Å²) in [7, 11) is 0. The minimum absolute atomic E-state index is 0.185. The molecule has 0 radical (unpaired) electrons. The van der Waals surface area contributed by atoms with E-state index in [1.807, 2.05) is 49.4 Å². The molecular weight excluding hydrogens is 302 g/mol. The minimum atomic E-state index is -0.523. The van der Waals surface area contributed by atoms with Crippen LogP contribution in [-0.2, 0) is 22.4 Å². The number of cyclic esters (lactones) is 1. The maximum atomic E-state index is 12.6. The van der Waals surface area contributed by atoms with Crippen LogP contribution >= 0.6 is 0 Å². The van der Waals surface area contributed by atoms with E-state index in [1.54, 1.807) is 0 Å². The highest BCUT2D eigenvalue weighted by Gasteiger charge is 2.37. The monoisotopic (exact) mass is 323 g/mol. The summed E-state index contributed by atoms with van der Waals surface area (Å²) in [5.74, 6) is -0.195. The Labute approximate surface area is 142 Å². The fourth-order valence-electron chi connectivity index (χ4n) is 2.92. The van der Waals surface area contributed by atoms with Crippen LogP contribution in [0.25, 0.3) is 0 Å². The molecule has 0 aliphatic carbocycles. The third-order valence-electron chi connectivity index (χ3n) is 4.31. The summed E-state index contributed by atoms with van der Waals surface area (Å²) in [6, 6.07) is 17.7. The Kier molecular flexibility index (Phi) is 4.94. The molecule has 1 fully saturated rings. The van der Waals surface area contributed by atoms with Crippen molar-refractivity contribution in [3.05, 3.63) is 71.3 Å². The number of aryl methyl sites for hydroxylation is 2. The van der Waals surface area contributed by atoms with E-state index in [9.17, 15) is 9.59 Å². The lowest BCUT2D eigenvalue weighted by molar-refractivity contribution is -0.128. The van der Waals surface area contributed by atoms with Crippen LogP contribution in [0.3, 0.4) is 0 Å². The molecule has 1 heterocycles. The number of hydrogen-bond acceptors (Lipinski definition) is 3. The fraction of sp³-hybridized carbons (Fsp3) is 0.300. The molecule has 3 rings (SSSR count). The summed E-state index contributed by atoms with van der Waals surface area (Å²) in [4.78, 5) is 25.8. The second kappa shape index (κ2) is 7.30. The van der Waals surface area contributed by atoms with Crippen molar-refractivity contribution in [2.24, 2.45) is 0 Å². The molecule has 0 bridgehead atoms. The number of imide groups is 1. The molecule has 124 valence electrons. The number of carbonyl (C=O) groups is 2. The van der Waals surface area contributed by atoms with Gasteiger partial charge in [0.25, 0.3) is 0 Å². The number of nitrogens with zero attached hydrogens (tertiary/aromatic N) is 1. The molecule has 1 atom stereocenters. The average Bonchev–Trinajstić information content (AvgIpc) is 2.97. The topological polar surface area (TPSA) is 46.6 Å². The van der Waals surface area contributed by atoms with Gasteiger partial charge in [-0.25, -0.2) is 9.69 Å². The predicted molar refractivity (Wildman–Crippen MR) is 91.6 cm³/mol. The molecule has 2 aromatic rings. The van der Waals surface area contributed by atoms with Gasteiger partial charge in [0, 0.05) is 0 Å². The van der Waals surface area contributed by atoms with E-state index in [1.165, 1.54) is 10.5 Å². The zero-order chi connectivity index (χ0) is 16.9. The number of hydrogen-bond donors (Lipinski definition) is 0. The summed E-state index contributed by atoms with van der Waals surface area (Å²) >= 11 is 0. The summed E-state index contributed by atoms with van der Waals surface area (Å²) in [5, 5.41) is 0. The van der Waals surface area contributed by atoms with Crippen LogP contribution in [0.1, 0.15) is 23.1 Å². The molecule has 2 amide bonds. The molecule has 1 aliphatic heterocycles. The Hall–Kier alpha value is -2.62. The highest BCUT2D eigenvalue weighted by Crippen LogP contribution is 2.19. The molecular formula is C20H21NO3. The maximum Gasteiger partial charge on any atom is 0.416 e. The van der Waals surface area contributed by atoms with E-state index in [4.69, 9.17) is 4.74 Å². The van der Waals surface area contributed by atoms with Gasteiger partial charge in [-0.15, -0.1) is 0 Å². The van der Waals surface area contributed by atoms with Gasteiger partial charge in [0.1, 0.15) is 6.61 Å². The van der Waals surface area contributed by atoms with Gasteiger partial charge < -0.3 is 4.74 Å². The Morgan fingerprint density at radius 1 is 1.08 bits per heavy atom. The van der Waals surface area contributed by atoms with Crippen molar-refractivity contribution in [3.8, 4) is 0 Å². The first kappa shape index (κ1) is 16.2. The van der Waals surface area contributed by atoms with E-state index in [0.29, 0.717) is 0 Å². The highest BCUT2D eigenvalue weighted by atomic mass is 16.6. The largest absolute Gasteiger partial charge is 0.447 e. The van der Waals surface area contributed by atoms with Gasteiger partial charge in [-0.2, -0.15) is 0 Å². The van der Waals surface area contributed by atoms with Crippen molar-refractivity contribution in [1.29, 1.82) is 0 Å². The first-order valence-corrected chi connectivity index (χ1v) is 8.22. The second-order valence-corrected chi connectivity index (χ2v) is 6.18. The minimum Gasteiger partial charge on any atom is -0.447 e. The summed E-state index contributed by atoms with van der Waals surface area (Å²) in [5.41, 5.74) is 3.25. The zero-order valence-corrected chi connectivity index (χ0v) is 13.8. The quantitative estimate of drug-likeness (QED) is 0.846. The molecule has 0 aromatic heterocycles. The van der Waals surface area contributed by atoms with Crippen molar-refractivity contribution >= 4 is 12.0 Å². The molecule has 4 heteroatoms. The molecule has 0 N–H and O–H groups in total. The highest BCUT2D eigenvalue weighted by molar-refractivity contribution is 5.94. The van der Waals surface area contributed by atoms with Gasteiger partial charge in [0.2, 0.25) is 5.91 Å². The van der Waals surface area contributed by atoms with Crippen LogP contribution in [0.15, 0.2) is 54.6 Å². The summed E-state index contributed by atoms with van der Waals surface area (Å²) in [6.07, 6.45) is 1.23. The lowest BCUT2D eigenvalue weighted by atomic mass is 10.0. The van der Waals surface area contributed by atoms with Crippen molar-refractivity contribution in [2.45, 2.75) is 32.2 Å². The Morgan fingerprint density at radius 3 is 2.50 bits per heavy atom. The van der Waals surface area contributed by atoms with E-state index in [-0.39, 0.29) is 25.0 Å². The molecule has 0 saturated carbocycles. The lowest BCUT2D eigenvalue weighted by Crippen LogP contribution is -2.40. The van der Waals surface area contributed by atoms with Crippen LogP contribution in [0.4, 0.5) is 4.79 Å². The number of ether oxygens (including phenoxy) is 1. The Bertz CT molecular complexity index is 709. The molecule has 24 heavy (non-hydrogen) atoms. The summed E-state index contributed by atoms with van der Waals surface area (Å²) in [6.45, 7) is 2.29. The smallest absolute Gasteiger partial charge is 0.416 e. The normalized spacial score (nSPS) is 17.0. The summed E-state index contributed by atoms with van der Waals surface area (Å²) < 4.78 is 5.11. The van der Waals surface area contributed by atoms with E-state index < -0.39 is 6.09 Å². The maximum absolute atomic E-state index is 12.6. The first-order valence-electron chi connectivity index (χ1n) is 8.22. The number of rotatable bonds is 5. The predicted octanol–water partition coefficient (Wildman–Crippen LogP) is 3.52.